The molecule has 1 N–H and O–H groups in total. The maximum atomic E-state index is 6.44. The first kappa shape index (κ1) is 22.4. The highest BCUT2D eigenvalue weighted by molar-refractivity contribution is 6.07. The van der Waals surface area contributed by atoms with Gasteiger partial charge in [-0.15, -0.1) is 0 Å². The van der Waals surface area contributed by atoms with Gasteiger partial charge in [0.1, 0.15) is 18.1 Å². The van der Waals surface area contributed by atoms with Crippen molar-refractivity contribution in [3.8, 4) is 28.2 Å². The minimum atomic E-state index is 0.450. The number of hydrogen-bond donors (Lipinski definition) is 1. The minimum absolute atomic E-state index is 0.450. The summed E-state index contributed by atoms with van der Waals surface area (Å²) in [5, 5.41) is 4.54. The van der Waals surface area contributed by atoms with Crippen molar-refractivity contribution in [2.24, 2.45) is 0 Å². The van der Waals surface area contributed by atoms with E-state index in [4.69, 9.17) is 9.15 Å². The number of benzene rings is 2. The fraction of sp³-hybridized carbons (Fsp3) is 0.321. The molecule has 34 heavy (non-hydrogen) atoms. The van der Waals surface area contributed by atoms with E-state index >= 15 is 0 Å². The first-order valence-electron chi connectivity index (χ1n) is 11.9. The highest BCUT2D eigenvalue weighted by Crippen LogP contribution is 2.44. The lowest BCUT2D eigenvalue weighted by Gasteiger charge is -2.26. The summed E-state index contributed by atoms with van der Waals surface area (Å²) >= 11 is 0. The Hall–Kier alpha value is -3.35. The van der Waals surface area contributed by atoms with E-state index in [0.717, 1.165) is 65.3 Å². The first-order chi connectivity index (χ1) is 16.6. The van der Waals surface area contributed by atoms with Gasteiger partial charge >= 0.3 is 0 Å². The quantitative estimate of drug-likeness (QED) is 0.407. The smallest absolute Gasteiger partial charge is 0.229 e. The van der Waals surface area contributed by atoms with Gasteiger partial charge in [-0.1, -0.05) is 30.3 Å². The highest BCUT2D eigenvalue weighted by Gasteiger charge is 2.26. The van der Waals surface area contributed by atoms with Crippen LogP contribution in [0.25, 0.3) is 33.6 Å². The average molecular weight is 457 g/mol. The third kappa shape index (κ3) is 4.52. The largest absolute Gasteiger partial charge is 0.492 e. The van der Waals surface area contributed by atoms with Crippen molar-refractivity contribution in [3.63, 3.8) is 0 Å². The molecule has 1 saturated heterocycles. The molecule has 6 heteroatoms. The number of rotatable bonds is 8. The van der Waals surface area contributed by atoms with Crippen LogP contribution in [0.1, 0.15) is 6.42 Å². The lowest BCUT2D eigenvalue weighted by molar-refractivity contribution is 0.261. The number of likely N-dealkylation sites (N-methyl/N-ethyl adjacent to an activating group) is 2. The summed E-state index contributed by atoms with van der Waals surface area (Å²) < 4.78 is 12.3. The number of furan rings is 1. The molecule has 0 aliphatic carbocycles. The van der Waals surface area contributed by atoms with E-state index in [1.165, 1.54) is 0 Å². The van der Waals surface area contributed by atoms with Crippen LogP contribution in [0.4, 0.5) is 5.69 Å². The van der Waals surface area contributed by atoms with Crippen molar-refractivity contribution < 1.29 is 9.15 Å². The van der Waals surface area contributed by atoms with Crippen molar-refractivity contribution in [2.75, 3.05) is 52.3 Å². The minimum Gasteiger partial charge on any atom is -0.492 e. The Bertz CT molecular complexity index is 1230. The Morgan fingerprint density at radius 1 is 1.00 bits per heavy atom. The van der Waals surface area contributed by atoms with Gasteiger partial charge in [0.2, 0.25) is 5.71 Å². The monoisotopic (exact) mass is 456 g/mol. The predicted octanol–water partition coefficient (Wildman–Crippen LogP) is 4.90. The fourth-order valence-electron chi connectivity index (χ4n) is 4.60. The normalized spacial score (nSPS) is 15.8. The number of ether oxygens (including phenoxy) is 1. The molecule has 0 amide bonds. The molecule has 1 unspecified atom stereocenters. The van der Waals surface area contributed by atoms with Crippen LogP contribution in [0.3, 0.4) is 0 Å². The van der Waals surface area contributed by atoms with Crippen molar-refractivity contribution in [1.82, 2.24) is 15.2 Å². The van der Waals surface area contributed by atoms with Crippen LogP contribution in [0.5, 0.6) is 5.75 Å². The molecule has 5 rings (SSSR count). The number of nitrogens with one attached hydrogen (secondary N) is 1. The molecule has 2 aromatic carbocycles. The summed E-state index contributed by atoms with van der Waals surface area (Å²) in [5.41, 5.74) is 5.02. The second-order valence-electron chi connectivity index (χ2n) is 9.12. The summed E-state index contributed by atoms with van der Waals surface area (Å²) in [4.78, 5) is 9.10. The topological polar surface area (TPSA) is 53.8 Å². The summed E-state index contributed by atoms with van der Waals surface area (Å²) in [6.07, 6.45) is 2.97. The lowest BCUT2D eigenvalue weighted by Crippen LogP contribution is -2.33. The molecule has 3 heterocycles. The Labute approximate surface area is 201 Å². The molecule has 1 atom stereocenters. The maximum Gasteiger partial charge on any atom is 0.229 e. The van der Waals surface area contributed by atoms with E-state index in [-0.39, 0.29) is 0 Å². The van der Waals surface area contributed by atoms with Crippen LogP contribution in [0, 0.1) is 0 Å². The van der Waals surface area contributed by atoms with E-state index in [1.807, 2.05) is 38.5 Å². The van der Waals surface area contributed by atoms with E-state index in [2.05, 4.69) is 69.6 Å². The Balaban J connectivity index is 1.59. The van der Waals surface area contributed by atoms with Gasteiger partial charge in [0.05, 0.1) is 11.1 Å². The van der Waals surface area contributed by atoms with Crippen molar-refractivity contribution in [3.05, 3.63) is 66.9 Å². The molecule has 2 aromatic heterocycles. The Morgan fingerprint density at radius 2 is 1.79 bits per heavy atom. The van der Waals surface area contributed by atoms with Gasteiger partial charge in [-0.05, 0) is 63.0 Å². The van der Waals surface area contributed by atoms with Crippen LogP contribution in [0.15, 0.2) is 71.3 Å². The Morgan fingerprint density at radius 3 is 2.50 bits per heavy atom. The van der Waals surface area contributed by atoms with E-state index < -0.39 is 0 Å². The van der Waals surface area contributed by atoms with Gasteiger partial charge in [-0.2, -0.15) is 0 Å². The molecule has 1 aliphatic heterocycles. The van der Waals surface area contributed by atoms with Crippen molar-refractivity contribution >= 4 is 16.8 Å². The van der Waals surface area contributed by atoms with Gasteiger partial charge in [0, 0.05) is 43.5 Å². The standard InChI is InChI=1S/C28H32N4O2/c1-31(2)17-18-33-23-11-9-21(10-12-23)27-25(20-7-5-4-6-8-20)26-24(14-16-30-28(26)34-27)32(3)22-13-15-29-19-22/h4-12,14,16,22,29H,13,15,17-19H2,1-3H3. The molecule has 6 nitrogen and oxygen atoms in total. The summed E-state index contributed by atoms with van der Waals surface area (Å²) in [5.74, 6) is 1.69. The fourth-order valence-corrected chi connectivity index (χ4v) is 4.60. The number of hydrogen-bond acceptors (Lipinski definition) is 6. The van der Waals surface area contributed by atoms with E-state index in [0.29, 0.717) is 18.4 Å². The van der Waals surface area contributed by atoms with Crippen LogP contribution >= 0.6 is 0 Å². The van der Waals surface area contributed by atoms with Gasteiger partial charge < -0.3 is 24.3 Å². The second-order valence-corrected chi connectivity index (χ2v) is 9.12. The molecule has 1 fully saturated rings. The average Bonchev–Trinajstić information content (AvgIpc) is 3.53. The van der Waals surface area contributed by atoms with E-state index in [9.17, 15) is 0 Å². The summed E-state index contributed by atoms with van der Waals surface area (Å²) in [7, 11) is 6.26. The molecule has 0 spiro atoms. The number of fused-ring (bicyclic) bond motifs is 1. The number of anilines is 1. The van der Waals surface area contributed by atoms with Crippen LogP contribution in [0.2, 0.25) is 0 Å². The number of pyridine rings is 1. The number of nitrogens with zero attached hydrogens (tertiary/aromatic N) is 3. The van der Waals surface area contributed by atoms with Crippen molar-refractivity contribution in [1.29, 1.82) is 0 Å². The molecule has 0 radical (unpaired) electrons. The zero-order chi connectivity index (χ0) is 23.5. The van der Waals surface area contributed by atoms with Crippen LogP contribution in [-0.2, 0) is 0 Å². The highest BCUT2D eigenvalue weighted by atomic mass is 16.5. The Kier molecular flexibility index (Phi) is 6.52. The van der Waals surface area contributed by atoms with Gasteiger partial charge in [0.15, 0.2) is 0 Å². The molecule has 176 valence electrons. The van der Waals surface area contributed by atoms with Gasteiger partial charge in [-0.3, -0.25) is 0 Å². The molecular weight excluding hydrogens is 424 g/mol. The molecule has 4 aromatic rings. The van der Waals surface area contributed by atoms with Crippen molar-refractivity contribution in [2.45, 2.75) is 12.5 Å². The number of aromatic nitrogens is 1. The SMILES string of the molecule is CN(C)CCOc1ccc(-c2oc3nccc(N(C)C4CCNC4)c3c2-c2ccccc2)cc1. The zero-order valence-corrected chi connectivity index (χ0v) is 20.1. The zero-order valence-electron chi connectivity index (χ0n) is 20.1. The first-order valence-corrected chi connectivity index (χ1v) is 11.9. The second kappa shape index (κ2) is 9.87. The summed E-state index contributed by atoms with van der Waals surface area (Å²) in [6, 6.07) is 21.2. The third-order valence-electron chi connectivity index (χ3n) is 6.52. The van der Waals surface area contributed by atoms with E-state index in [1.54, 1.807) is 0 Å². The maximum absolute atomic E-state index is 6.44. The van der Waals surface area contributed by atoms with Crippen LogP contribution < -0.4 is 15.0 Å². The summed E-state index contributed by atoms with van der Waals surface area (Å²) in [6.45, 7) is 3.57. The molecular formula is C28H32N4O2. The predicted molar refractivity (Wildman–Crippen MR) is 139 cm³/mol. The van der Waals surface area contributed by atoms with Gasteiger partial charge in [0.25, 0.3) is 0 Å². The van der Waals surface area contributed by atoms with Gasteiger partial charge in [-0.25, -0.2) is 4.98 Å². The van der Waals surface area contributed by atoms with Crippen LogP contribution in [-0.4, -0.2) is 63.3 Å². The third-order valence-corrected chi connectivity index (χ3v) is 6.52. The molecule has 1 aliphatic rings. The molecule has 0 bridgehead atoms. The molecule has 0 saturated carbocycles. The lowest BCUT2D eigenvalue weighted by atomic mass is 9.98.